The molecular weight excluding hydrogens is 210 g/mol. The van der Waals surface area contributed by atoms with E-state index >= 15 is 0 Å². The summed E-state index contributed by atoms with van der Waals surface area (Å²) >= 11 is 0. The molecule has 3 nitrogen and oxygen atoms in total. The van der Waals surface area contributed by atoms with E-state index in [1.54, 1.807) is 0 Å². The molecule has 1 aromatic heterocycles. The lowest BCUT2D eigenvalue weighted by Crippen LogP contribution is -2.02. The first-order valence-corrected chi connectivity index (χ1v) is 5.80. The molecular formula is C14H17N3. The average Bonchev–Trinajstić information content (AvgIpc) is 2.29. The molecule has 0 radical (unpaired) electrons. The van der Waals surface area contributed by atoms with Crippen LogP contribution in [0.25, 0.3) is 11.4 Å². The predicted octanol–water partition coefficient (Wildman–Crippen LogP) is 2.26. The summed E-state index contributed by atoms with van der Waals surface area (Å²) in [5, 5.41) is 0. The summed E-state index contributed by atoms with van der Waals surface area (Å²) in [7, 11) is 0. The zero-order valence-electron chi connectivity index (χ0n) is 10.3. The van der Waals surface area contributed by atoms with Crippen LogP contribution >= 0.6 is 0 Å². The minimum absolute atomic E-state index is 0.680. The maximum atomic E-state index is 5.52. The van der Waals surface area contributed by atoms with Crippen LogP contribution < -0.4 is 5.73 Å². The normalized spacial score (nSPS) is 10.5. The SMILES string of the molecule is Cc1cc(C)nc(-c2ccc(CCN)cc2)n1. The Kier molecular flexibility index (Phi) is 3.49. The standard InChI is InChI=1S/C14H17N3/c1-10-9-11(2)17-14(16-10)13-5-3-12(4-6-13)7-8-15/h3-6,9H,7-8,15H2,1-2H3. The number of hydrogen-bond acceptors (Lipinski definition) is 3. The molecule has 3 heteroatoms. The largest absolute Gasteiger partial charge is 0.330 e. The summed E-state index contributed by atoms with van der Waals surface area (Å²) < 4.78 is 0. The lowest BCUT2D eigenvalue weighted by Gasteiger charge is -2.04. The highest BCUT2D eigenvalue weighted by Crippen LogP contribution is 2.16. The molecule has 2 rings (SSSR count). The summed E-state index contributed by atoms with van der Waals surface area (Å²) in [4.78, 5) is 8.89. The molecule has 17 heavy (non-hydrogen) atoms. The first-order chi connectivity index (χ1) is 8.19. The van der Waals surface area contributed by atoms with E-state index in [0.29, 0.717) is 6.54 Å². The summed E-state index contributed by atoms with van der Waals surface area (Å²) in [5.41, 5.74) is 9.83. The summed E-state index contributed by atoms with van der Waals surface area (Å²) in [6, 6.07) is 10.3. The van der Waals surface area contributed by atoms with Gasteiger partial charge in [0.2, 0.25) is 0 Å². The van der Waals surface area contributed by atoms with E-state index in [-0.39, 0.29) is 0 Å². The smallest absolute Gasteiger partial charge is 0.159 e. The number of benzene rings is 1. The molecule has 0 amide bonds. The third-order valence-corrected chi connectivity index (χ3v) is 2.63. The average molecular weight is 227 g/mol. The van der Waals surface area contributed by atoms with Gasteiger partial charge in [0, 0.05) is 17.0 Å². The number of hydrogen-bond donors (Lipinski definition) is 1. The van der Waals surface area contributed by atoms with Gasteiger partial charge >= 0.3 is 0 Å². The van der Waals surface area contributed by atoms with Gasteiger partial charge in [-0.1, -0.05) is 24.3 Å². The van der Waals surface area contributed by atoms with E-state index in [4.69, 9.17) is 5.73 Å². The molecule has 1 aromatic carbocycles. The van der Waals surface area contributed by atoms with Crippen LogP contribution in [0.3, 0.4) is 0 Å². The topological polar surface area (TPSA) is 51.8 Å². The highest BCUT2D eigenvalue weighted by Gasteiger charge is 2.03. The first kappa shape index (κ1) is 11.7. The zero-order chi connectivity index (χ0) is 12.3. The van der Waals surface area contributed by atoms with Crippen LogP contribution in [0.4, 0.5) is 0 Å². The van der Waals surface area contributed by atoms with Gasteiger partial charge in [-0.15, -0.1) is 0 Å². The van der Waals surface area contributed by atoms with Crippen molar-refractivity contribution in [2.75, 3.05) is 6.54 Å². The van der Waals surface area contributed by atoms with Gasteiger partial charge in [0.1, 0.15) is 0 Å². The fraction of sp³-hybridized carbons (Fsp3) is 0.286. The molecule has 0 saturated heterocycles. The predicted molar refractivity (Wildman–Crippen MR) is 69.7 cm³/mol. The highest BCUT2D eigenvalue weighted by molar-refractivity contribution is 5.55. The molecule has 0 aliphatic carbocycles. The van der Waals surface area contributed by atoms with E-state index in [2.05, 4.69) is 34.2 Å². The van der Waals surface area contributed by atoms with Crippen LogP contribution in [0.15, 0.2) is 30.3 Å². The van der Waals surface area contributed by atoms with E-state index in [1.165, 1.54) is 5.56 Å². The second-order valence-corrected chi connectivity index (χ2v) is 4.21. The highest BCUT2D eigenvalue weighted by atomic mass is 14.9. The number of aryl methyl sites for hydroxylation is 2. The molecule has 0 spiro atoms. The van der Waals surface area contributed by atoms with E-state index in [1.807, 2.05) is 19.9 Å². The molecule has 0 saturated carbocycles. The fourth-order valence-electron chi connectivity index (χ4n) is 1.84. The van der Waals surface area contributed by atoms with Crippen LogP contribution in [0.1, 0.15) is 17.0 Å². The Hall–Kier alpha value is -1.74. The number of nitrogens with two attached hydrogens (primary N) is 1. The summed E-state index contributed by atoms with van der Waals surface area (Å²) in [6.45, 7) is 4.65. The van der Waals surface area contributed by atoms with Gasteiger partial charge in [-0.05, 0) is 38.4 Å². The zero-order valence-corrected chi connectivity index (χ0v) is 10.3. The van der Waals surface area contributed by atoms with Crippen molar-refractivity contribution in [3.05, 3.63) is 47.3 Å². The van der Waals surface area contributed by atoms with Gasteiger partial charge in [-0.25, -0.2) is 9.97 Å². The van der Waals surface area contributed by atoms with Crippen LogP contribution in [0.2, 0.25) is 0 Å². The van der Waals surface area contributed by atoms with Crippen molar-refractivity contribution >= 4 is 0 Å². The van der Waals surface area contributed by atoms with Gasteiger partial charge < -0.3 is 5.73 Å². The van der Waals surface area contributed by atoms with Gasteiger partial charge in [-0.3, -0.25) is 0 Å². The van der Waals surface area contributed by atoms with Crippen molar-refractivity contribution in [3.63, 3.8) is 0 Å². The van der Waals surface area contributed by atoms with Crippen molar-refractivity contribution in [1.29, 1.82) is 0 Å². The molecule has 0 atom stereocenters. The quantitative estimate of drug-likeness (QED) is 0.875. The maximum absolute atomic E-state index is 5.52. The Morgan fingerprint density at radius 3 is 2.12 bits per heavy atom. The second-order valence-electron chi connectivity index (χ2n) is 4.21. The number of rotatable bonds is 3. The molecule has 2 aromatic rings. The molecule has 0 aliphatic heterocycles. The van der Waals surface area contributed by atoms with Crippen molar-refractivity contribution in [2.45, 2.75) is 20.3 Å². The van der Waals surface area contributed by atoms with Gasteiger partial charge in [0.05, 0.1) is 0 Å². The van der Waals surface area contributed by atoms with Crippen molar-refractivity contribution in [2.24, 2.45) is 5.73 Å². The van der Waals surface area contributed by atoms with Crippen LogP contribution in [0, 0.1) is 13.8 Å². The Balaban J connectivity index is 2.32. The Morgan fingerprint density at radius 1 is 1.00 bits per heavy atom. The van der Waals surface area contributed by atoms with E-state index in [9.17, 15) is 0 Å². The minimum atomic E-state index is 0.680. The Morgan fingerprint density at radius 2 is 1.59 bits per heavy atom. The van der Waals surface area contributed by atoms with Crippen LogP contribution in [-0.4, -0.2) is 16.5 Å². The van der Waals surface area contributed by atoms with Gasteiger partial charge in [-0.2, -0.15) is 0 Å². The monoisotopic (exact) mass is 227 g/mol. The van der Waals surface area contributed by atoms with Crippen LogP contribution in [0.5, 0.6) is 0 Å². The van der Waals surface area contributed by atoms with Gasteiger partial charge in [0.25, 0.3) is 0 Å². The third-order valence-electron chi connectivity index (χ3n) is 2.63. The minimum Gasteiger partial charge on any atom is -0.330 e. The van der Waals surface area contributed by atoms with Crippen molar-refractivity contribution in [3.8, 4) is 11.4 Å². The Labute approximate surface area is 102 Å². The van der Waals surface area contributed by atoms with Crippen molar-refractivity contribution < 1.29 is 0 Å². The number of aromatic nitrogens is 2. The maximum Gasteiger partial charge on any atom is 0.159 e. The van der Waals surface area contributed by atoms with Crippen LogP contribution in [-0.2, 0) is 6.42 Å². The summed E-state index contributed by atoms with van der Waals surface area (Å²) in [5.74, 6) is 0.793. The molecule has 2 N–H and O–H groups in total. The van der Waals surface area contributed by atoms with E-state index < -0.39 is 0 Å². The van der Waals surface area contributed by atoms with Crippen molar-refractivity contribution in [1.82, 2.24) is 9.97 Å². The summed E-state index contributed by atoms with van der Waals surface area (Å²) in [6.07, 6.45) is 0.911. The molecule has 0 aliphatic rings. The first-order valence-electron chi connectivity index (χ1n) is 5.80. The second kappa shape index (κ2) is 5.06. The fourth-order valence-corrected chi connectivity index (χ4v) is 1.84. The molecule has 0 bridgehead atoms. The lowest BCUT2D eigenvalue weighted by molar-refractivity contribution is 0.968. The molecule has 0 unspecified atom stereocenters. The molecule has 1 heterocycles. The lowest BCUT2D eigenvalue weighted by atomic mass is 10.1. The van der Waals surface area contributed by atoms with Gasteiger partial charge in [0.15, 0.2) is 5.82 Å². The van der Waals surface area contributed by atoms with E-state index in [0.717, 1.165) is 29.2 Å². The third kappa shape index (κ3) is 2.88. The Bertz CT molecular complexity index is 483. The molecule has 0 fully saturated rings. The molecule has 88 valence electrons. The number of nitrogens with zero attached hydrogens (tertiary/aromatic N) is 2.